The summed E-state index contributed by atoms with van der Waals surface area (Å²) in [5, 5.41) is 2.72. The van der Waals surface area contributed by atoms with Crippen LogP contribution in [0.15, 0.2) is 39.6 Å². The fourth-order valence-electron chi connectivity index (χ4n) is 4.80. The number of piperidine rings is 1. The Labute approximate surface area is 191 Å². The smallest absolute Gasteiger partial charge is 0.248 e. The highest BCUT2D eigenvalue weighted by Gasteiger charge is 2.31. The van der Waals surface area contributed by atoms with Crippen molar-refractivity contribution in [2.75, 3.05) is 24.5 Å². The Balaban J connectivity index is 1.71. The highest BCUT2D eigenvalue weighted by molar-refractivity contribution is 7.89. The van der Waals surface area contributed by atoms with E-state index in [0.29, 0.717) is 35.3 Å². The van der Waals surface area contributed by atoms with Gasteiger partial charge in [0, 0.05) is 43.4 Å². The van der Waals surface area contributed by atoms with E-state index in [1.165, 1.54) is 21.8 Å². The molecule has 170 valence electrons. The van der Waals surface area contributed by atoms with Gasteiger partial charge in [-0.3, -0.25) is 9.36 Å². The van der Waals surface area contributed by atoms with E-state index in [1.54, 1.807) is 16.8 Å². The minimum atomic E-state index is -3.90. The zero-order valence-electron chi connectivity index (χ0n) is 18.1. The molecule has 0 aliphatic carbocycles. The van der Waals surface area contributed by atoms with Crippen molar-refractivity contribution in [2.45, 2.75) is 56.4 Å². The number of fused-ring (bicyclic) bond motifs is 1. The molecular formula is C22H27N5O3S2. The molecular weight excluding hydrogens is 446 g/mol. The number of hydrogen-bond donors (Lipinski definition) is 0. The van der Waals surface area contributed by atoms with Crippen LogP contribution in [0.1, 0.15) is 45.4 Å². The summed E-state index contributed by atoms with van der Waals surface area (Å²) in [6, 6.07) is 4.00. The minimum Gasteiger partial charge on any atom is -0.354 e. The number of rotatable bonds is 5. The largest absolute Gasteiger partial charge is 0.354 e. The zero-order valence-corrected chi connectivity index (χ0v) is 19.7. The van der Waals surface area contributed by atoms with Gasteiger partial charge in [0.1, 0.15) is 10.7 Å². The molecule has 3 aromatic heterocycles. The third-order valence-corrected chi connectivity index (χ3v) is 9.17. The standard InChI is InChI=1S/C22H27N5O3S2/c1-2-16-7-6-13-26(16)19-9-8-17-20(28)18(32(29,30)25-11-4-3-5-12-25)15-27(21(17)24-19)22-23-10-14-31-22/h8-10,14-16H,2-7,11-13H2,1H3/t16-/m1/s1. The molecule has 1 atom stereocenters. The van der Waals surface area contributed by atoms with Crippen LogP contribution in [0.25, 0.3) is 16.2 Å². The van der Waals surface area contributed by atoms with Gasteiger partial charge in [-0.25, -0.2) is 18.4 Å². The van der Waals surface area contributed by atoms with Crippen LogP contribution in [-0.2, 0) is 10.0 Å². The van der Waals surface area contributed by atoms with Gasteiger partial charge in [0.25, 0.3) is 0 Å². The summed E-state index contributed by atoms with van der Waals surface area (Å²) in [5.41, 5.74) is -0.0484. The van der Waals surface area contributed by atoms with E-state index >= 15 is 0 Å². The highest BCUT2D eigenvalue weighted by Crippen LogP contribution is 2.29. The van der Waals surface area contributed by atoms with Crippen molar-refractivity contribution in [2.24, 2.45) is 0 Å². The van der Waals surface area contributed by atoms with Crippen molar-refractivity contribution >= 4 is 38.2 Å². The van der Waals surface area contributed by atoms with Crippen molar-refractivity contribution in [3.63, 3.8) is 0 Å². The van der Waals surface area contributed by atoms with Gasteiger partial charge in [0.2, 0.25) is 15.5 Å². The average molecular weight is 474 g/mol. The zero-order chi connectivity index (χ0) is 22.3. The first-order chi connectivity index (χ1) is 15.5. The van der Waals surface area contributed by atoms with Gasteiger partial charge in [-0.15, -0.1) is 11.3 Å². The van der Waals surface area contributed by atoms with Crippen molar-refractivity contribution in [3.8, 4) is 5.13 Å². The van der Waals surface area contributed by atoms with Crippen LogP contribution >= 0.6 is 11.3 Å². The Hall–Kier alpha value is -2.30. The Bertz CT molecular complexity index is 1280. The van der Waals surface area contributed by atoms with E-state index in [9.17, 15) is 13.2 Å². The van der Waals surface area contributed by atoms with Crippen molar-refractivity contribution in [3.05, 3.63) is 40.1 Å². The fraction of sp³-hybridized carbons (Fsp3) is 0.500. The molecule has 0 amide bonds. The Morgan fingerprint density at radius 3 is 2.66 bits per heavy atom. The van der Waals surface area contributed by atoms with Gasteiger partial charge in [-0.1, -0.05) is 13.3 Å². The van der Waals surface area contributed by atoms with E-state index in [2.05, 4.69) is 16.8 Å². The van der Waals surface area contributed by atoms with Gasteiger partial charge in [0.05, 0.1) is 5.39 Å². The molecule has 3 aromatic rings. The lowest BCUT2D eigenvalue weighted by Gasteiger charge is -2.26. The summed E-state index contributed by atoms with van der Waals surface area (Å²) in [6.45, 7) is 4.00. The predicted octanol–water partition coefficient (Wildman–Crippen LogP) is 3.40. The lowest BCUT2D eigenvalue weighted by atomic mass is 10.1. The molecule has 2 aliphatic rings. The number of thiazole rings is 1. The monoisotopic (exact) mass is 473 g/mol. The first-order valence-corrected chi connectivity index (χ1v) is 13.6. The third kappa shape index (κ3) is 3.64. The van der Waals surface area contributed by atoms with Gasteiger partial charge in [0.15, 0.2) is 10.8 Å². The van der Waals surface area contributed by atoms with E-state index < -0.39 is 15.5 Å². The van der Waals surface area contributed by atoms with E-state index in [4.69, 9.17) is 4.98 Å². The lowest BCUT2D eigenvalue weighted by Crippen LogP contribution is -2.38. The van der Waals surface area contributed by atoms with E-state index in [1.807, 2.05) is 11.4 Å². The molecule has 5 rings (SSSR count). The minimum absolute atomic E-state index is 0.204. The van der Waals surface area contributed by atoms with Crippen molar-refractivity contribution in [1.29, 1.82) is 0 Å². The van der Waals surface area contributed by atoms with Crippen molar-refractivity contribution < 1.29 is 8.42 Å². The van der Waals surface area contributed by atoms with Crippen LogP contribution < -0.4 is 10.3 Å². The molecule has 0 saturated carbocycles. The van der Waals surface area contributed by atoms with Crippen LogP contribution in [0.3, 0.4) is 0 Å². The van der Waals surface area contributed by atoms with Crippen LogP contribution in [0.2, 0.25) is 0 Å². The Morgan fingerprint density at radius 2 is 1.94 bits per heavy atom. The topological polar surface area (TPSA) is 88.4 Å². The van der Waals surface area contributed by atoms with Gasteiger partial charge >= 0.3 is 0 Å². The molecule has 5 heterocycles. The van der Waals surface area contributed by atoms with Crippen LogP contribution in [-0.4, -0.2) is 52.9 Å². The number of aromatic nitrogens is 3. The number of sulfonamides is 1. The van der Waals surface area contributed by atoms with Crippen LogP contribution in [0.5, 0.6) is 0 Å². The Morgan fingerprint density at radius 1 is 1.12 bits per heavy atom. The molecule has 0 spiro atoms. The van der Waals surface area contributed by atoms with E-state index in [-0.39, 0.29) is 4.90 Å². The van der Waals surface area contributed by atoms with Crippen molar-refractivity contribution in [1.82, 2.24) is 18.8 Å². The molecule has 0 N–H and O–H groups in total. The number of anilines is 1. The maximum Gasteiger partial charge on any atom is 0.248 e. The molecule has 8 nitrogen and oxygen atoms in total. The molecule has 0 radical (unpaired) electrons. The molecule has 2 aliphatic heterocycles. The van der Waals surface area contributed by atoms with Crippen LogP contribution in [0, 0.1) is 0 Å². The fourth-order valence-corrected chi connectivity index (χ4v) is 7.02. The first kappa shape index (κ1) is 21.5. The molecule has 10 heteroatoms. The Kier molecular flexibility index (Phi) is 5.77. The predicted molar refractivity (Wildman–Crippen MR) is 126 cm³/mol. The third-order valence-electron chi connectivity index (χ3n) is 6.50. The SMILES string of the molecule is CC[C@@H]1CCCN1c1ccc2c(=O)c(S(=O)(=O)N3CCCCC3)cn(-c3nccs3)c2n1. The molecule has 0 bridgehead atoms. The second-order valence-corrected chi connectivity index (χ2v) is 11.2. The molecule has 2 fully saturated rings. The first-order valence-electron chi connectivity index (χ1n) is 11.2. The second kappa shape index (κ2) is 8.57. The quantitative estimate of drug-likeness (QED) is 0.564. The van der Waals surface area contributed by atoms with Gasteiger partial charge in [-0.05, 0) is 44.2 Å². The van der Waals surface area contributed by atoms with Gasteiger partial charge in [-0.2, -0.15) is 4.31 Å². The maximum absolute atomic E-state index is 13.4. The summed E-state index contributed by atoms with van der Waals surface area (Å²) in [7, 11) is -3.90. The normalized spacial score (nSPS) is 20.3. The maximum atomic E-state index is 13.4. The average Bonchev–Trinajstić information content (AvgIpc) is 3.52. The summed E-state index contributed by atoms with van der Waals surface area (Å²) in [6.07, 6.45) is 9.00. The van der Waals surface area contributed by atoms with E-state index in [0.717, 1.165) is 50.9 Å². The number of nitrogens with zero attached hydrogens (tertiary/aromatic N) is 5. The molecule has 0 unspecified atom stereocenters. The molecule has 2 saturated heterocycles. The summed E-state index contributed by atoms with van der Waals surface area (Å²) in [4.78, 5) is 24.7. The highest BCUT2D eigenvalue weighted by atomic mass is 32.2. The molecule has 32 heavy (non-hydrogen) atoms. The summed E-state index contributed by atoms with van der Waals surface area (Å²) in [5.74, 6) is 0.818. The number of hydrogen-bond acceptors (Lipinski definition) is 7. The summed E-state index contributed by atoms with van der Waals surface area (Å²) < 4.78 is 29.9. The lowest BCUT2D eigenvalue weighted by molar-refractivity contribution is 0.346. The van der Waals surface area contributed by atoms with Crippen LogP contribution in [0.4, 0.5) is 5.82 Å². The molecule has 0 aromatic carbocycles. The van der Waals surface area contributed by atoms with Gasteiger partial charge < -0.3 is 4.90 Å². The number of pyridine rings is 2. The second-order valence-electron chi connectivity index (χ2n) is 8.41. The summed E-state index contributed by atoms with van der Waals surface area (Å²) >= 11 is 1.38.